The number of benzene rings is 1. The maximum absolute atomic E-state index is 12.4. The lowest BCUT2D eigenvalue weighted by molar-refractivity contribution is 0.572. The SMILES string of the molecule is O=S(=O)(NCCn1c(CCc2ccccc2)nc2cccnc21)c1ccc(Cl)s1. The summed E-state index contributed by atoms with van der Waals surface area (Å²) in [4.78, 5) is 9.15. The van der Waals surface area contributed by atoms with E-state index in [1.807, 2.05) is 34.9 Å². The van der Waals surface area contributed by atoms with Gasteiger partial charge in [0.05, 0.1) is 4.34 Å². The molecule has 3 heterocycles. The molecule has 0 saturated carbocycles. The molecular weight excluding hydrogens is 428 g/mol. The van der Waals surface area contributed by atoms with Gasteiger partial charge in [0.1, 0.15) is 15.6 Å². The Morgan fingerprint density at radius 1 is 1.03 bits per heavy atom. The molecule has 0 spiro atoms. The average molecular weight is 447 g/mol. The quantitative estimate of drug-likeness (QED) is 0.445. The highest BCUT2D eigenvalue weighted by Gasteiger charge is 2.17. The Bertz CT molecular complexity index is 1220. The van der Waals surface area contributed by atoms with E-state index in [4.69, 9.17) is 16.6 Å². The second-order valence-electron chi connectivity index (χ2n) is 6.47. The first-order valence-corrected chi connectivity index (χ1v) is 11.8. The lowest BCUT2D eigenvalue weighted by Crippen LogP contribution is -2.27. The van der Waals surface area contributed by atoms with Crippen LogP contribution in [0.2, 0.25) is 4.34 Å². The number of imidazole rings is 1. The molecule has 0 fully saturated rings. The Labute approximate surface area is 178 Å². The van der Waals surface area contributed by atoms with Crippen LogP contribution in [0.3, 0.4) is 0 Å². The van der Waals surface area contributed by atoms with Crippen molar-refractivity contribution in [2.24, 2.45) is 0 Å². The molecule has 0 amide bonds. The summed E-state index contributed by atoms with van der Waals surface area (Å²) in [6.07, 6.45) is 3.32. The predicted molar refractivity (Wildman–Crippen MR) is 116 cm³/mol. The van der Waals surface area contributed by atoms with E-state index in [0.717, 1.165) is 41.2 Å². The molecule has 0 unspecified atom stereocenters. The number of aryl methyl sites for hydroxylation is 2. The molecule has 4 aromatic rings. The van der Waals surface area contributed by atoms with E-state index in [1.54, 1.807) is 12.3 Å². The maximum Gasteiger partial charge on any atom is 0.250 e. The van der Waals surface area contributed by atoms with Crippen LogP contribution >= 0.6 is 22.9 Å². The molecule has 0 aliphatic carbocycles. The fraction of sp³-hybridized carbons (Fsp3) is 0.200. The van der Waals surface area contributed by atoms with E-state index in [2.05, 4.69) is 21.8 Å². The monoisotopic (exact) mass is 446 g/mol. The van der Waals surface area contributed by atoms with Gasteiger partial charge in [0.25, 0.3) is 0 Å². The summed E-state index contributed by atoms with van der Waals surface area (Å²) in [5, 5.41) is 0. The van der Waals surface area contributed by atoms with Crippen molar-refractivity contribution < 1.29 is 8.42 Å². The Morgan fingerprint density at radius 2 is 1.86 bits per heavy atom. The highest BCUT2D eigenvalue weighted by molar-refractivity contribution is 7.91. The first-order chi connectivity index (χ1) is 14.0. The zero-order chi connectivity index (χ0) is 20.3. The molecule has 9 heteroatoms. The van der Waals surface area contributed by atoms with Crippen LogP contribution in [0.5, 0.6) is 0 Å². The number of hydrogen-bond acceptors (Lipinski definition) is 5. The third-order valence-electron chi connectivity index (χ3n) is 4.50. The third kappa shape index (κ3) is 4.67. The number of halogens is 1. The molecule has 1 aromatic carbocycles. The van der Waals surface area contributed by atoms with Crippen molar-refractivity contribution in [2.45, 2.75) is 23.6 Å². The Morgan fingerprint density at radius 3 is 2.62 bits per heavy atom. The van der Waals surface area contributed by atoms with Crippen LogP contribution in [0.15, 0.2) is 65.0 Å². The van der Waals surface area contributed by atoms with Gasteiger partial charge >= 0.3 is 0 Å². The average Bonchev–Trinajstić information content (AvgIpc) is 3.31. The van der Waals surface area contributed by atoms with Gasteiger partial charge in [-0.15, -0.1) is 11.3 Å². The Balaban J connectivity index is 1.51. The van der Waals surface area contributed by atoms with Gasteiger partial charge in [-0.2, -0.15) is 0 Å². The van der Waals surface area contributed by atoms with Gasteiger partial charge in [0.15, 0.2) is 5.65 Å². The molecule has 0 aliphatic rings. The molecule has 0 bridgehead atoms. The van der Waals surface area contributed by atoms with Crippen LogP contribution in [-0.2, 0) is 29.4 Å². The van der Waals surface area contributed by atoms with Crippen molar-refractivity contribution in [2.75, 3.05) is 6.54 Å². The first-order valence-electron chi connectivity index (χ1n) is 9.12. The summed E-state index contributed by atoms with van der Waals surface area (Å²) in [6, 6.07) is 17.1. The van der Waals surface area contributed by atoms with Gasteiger partial charge in [0.2, 0.25) is 10.0 Å². The number of thiophene rings is 1. The topological polar surface area (TPSA) is 76.9 Å². The molecule has 150 valence electrons. The minimum absolute atomic E-state index is 0.209. The number of nitrogens with one attached hydrogen (secondary N) is 1. The molecule has 29 heavy (non-hydrogen) atoms. The number of aromatic nitrogens is 3. The highest BCUT2D eigenvalue weighted by atomic mass is 35.5. The van der Waals surface area contributed by atoms with Gasteiger partial charge in [-0.1, -0.05) is 41.9 Å². The molecule has 4 rings (SSSR count). The molecular formula is C20H19ClN4O2S2. The van der Waals surface area contributed by atoms with Crippen molar-refractivity contribution in [3.05, 3.63) is 76.5 Å². The molecule has 0 radical (unpaired) electrons. The van der Waals surface area contributed by atoms with Gasteiger partial charge in [-0.25, -0.2) is 23.1 Å². The zero-order valence-corrected chi connectivity index (χ0v) is 17.8. The standard InChI is InChI=1S/C20H19ClN4O2S2/c21-17-9-11-19(28-17)29(26,27)23-13-14-25-18(10-8-15-5-2-1-3-6-15)24-16-7-4-12-22-20(16)25/h1-7,9,11-12,23H,8,10,13-14H2. The molecule has 6 nitrogen and oxygen atoms in total. The highest BCUT2D eigenvalue weighted by Crippen LogP contribution is 2.25. The summed E-state index contributed by atoms with van der Waals surface area (Å²) >= 11 is 6.90. The van der Waals surface area contributed by atoms with Crippen LogP contribution in [0.25, 0.3) is 11.2 Å². The van der Waals surface area contributed by atoms with Crippen LogP contribution in [-0.4, -0.2) is 29.5 Å². The normalized spacial score (nSPS) is 11.9. The van der Waals surface area contributed by atoms with Crippen LogP contribution in [0.4, 0.5) is 0 Å². The third-order valence-corrected chi connectivity index (χ3v) is 7.69. The molecule has 3 aromatic heterocycles. The van der Waals surface area contributed by atoms with E-state index < -0.39 is 10.0 Å². The Kier molecular flexibility index (Phi) is 5.96. The number of rotatable bonds is 8. The van der Waals surface area contributed by atoms with Crippen molar-refractivity contribution in [3.8, 4) is 0 Å². The minimum atomic E-state index is -3.58. The summed E-state index contributed by atoms with van der Waals surface area (Å²) in [5.74, 6) is 0.890. The first kappa shape index (κ1) is 20.0. The van der Waals surface area contributed by atoms with E-state index in [1.165, 1.54) is 11.6 Å². The molecule has 1 N–H and O–H groups in total. The second kappa shape index (κ2) is 8.62. The lowest BCUT2D eigenvalue weighted by atomic mass is 10.1. The van der Waals surface area contributed by atoms with Crippen LogP contribution in [0, 0.1) is 0 Å². The summed E-state index contributed by atoms with van der Waals surface area (Å²) in [7, 11) is -3.58. The fourth-order valence-corrected chi connectivity index (χ4v) is 5.69. The van der Waals surface area contributed by atoms with Gasteiger partial charge in [-0.3, -0.25) is 0 Å². The van der Waals surface area contributed by atoms with E-state index in [0.29, 0.717) is 10.9 Å². The van der Waals surface area contributed by atoms with Gasteiger partial charge < -0.3 is 4.57 Å². The van der Waals surface area contributed by atoms with Crippen molar-refractivity contribution >= 4 is 44.1 Å². The van der Waals surface area contributed by atoms with Gasteiger partial charge in [-0.05, 0) is 36.2 Å². The smallest absolute Gasteiger partial charge is 0.250 e. The van der Waals surface area contributed by atoms with Gasteiger partial charge in [0, 0.05) is 25.7 Å². The predicted octanol–water partition coefficient (Wildman–Crippen LogP) is 3.91. The van der Waals surface area contributed by atoms with Crippen molar-refractivity contribution in [3.63, 3.8) is 0 Å². The second-order valence-corrected chi connectivity index (χ2v) is 10.2. The largest absolute Gasteiger partial charge is 0.311 e. The Hall–Kier alpha value is -2.26. The number of nitrogens with zero attached hydrogens (tertiary/aromatic N) is 3. The van der Waals surface area contributed by atoms with E-state index in [-0.39, 0.29) is 10.8 Å². The zero-order valence-electron chi connectivity index (χ0n) is 15.5. The fourth-order valence-electron chi connectivity index (χ4n) is 3.14. The summed E-state index contributed by atoms with van der Waals surface area (Å²) in [6.45, 7) is 0.675. The van der Waals surface area contributed by atoms with Crippen molar-refractivity contribution in [1.29, 1.82) is 0 Å². The van der Waals surface area contributed by atoms with E-state index >= 15 is 0 Å². The lowest BCUT2D eigenvalue weighted by Gasteiger charge is -2.10. The van der Waals surface area contributed by atoms with Crippen LogP contribution < -0.4 is 4.72 Å². The summed E-state index contributed by atoms with van der Waals surface area (Å²) in [5.41, 5.74) is 2.80. The number of fused-ring (bicyclic) bond motifs is 1. The van der Waals surface area contributed by atoms with Crippen LogP contribution in [0.1, 0.15) is 11.4 Å². The minimum Gasteiger partial charge on any atom is -0.311 e. The maximum atomic E-state index is 12.4. The summed E-state index contributed by atoms with van der Waals surface area (Å²) < 4.78 is 30.1. The molecule has 0 atom stereocenters. The molecule has 0 aliphatic heterocycles. The number of hydrogen-bond donors (Lipinski definition) is 1. The number of sulfonamides is 1. The number of pyridine rings is 1. The van der Waals surface area contributed by atoms with E-state index in [9.17, 15) is 8.42 Å². The van der Waals surface area contributed by atoms with Crippen molar-refractivity contribution in [1.82, 2.24) is 19.3 Å². The molecule has 0 saturated heterocycles.